The molecule has 0 spiro atoms. The van der Waals surface area contributed by atoms with Crippen molar-refractivity contribution >= 4 is 22.6 Å². The molecule has 30 heavy (non-hydrogen) atoms. The number of hydrogen-bond acceptors (Lipinski definition) is 3. The van der Waals surface area contributed by atoms with Crippen LogP contribution in [0.25, 0.3) is 0 Å². The zero-order valence-electron chi connectivity index (χ0n) is 18.3. The monoisotopic (exact) mass is 432 g/mol. The van der Waals surface area contributed by atoms with E-state index in [1.165, 1.54) is 5.56 Å². The maximum atomic E-state index is 13.3. The van der Waals surface area contributed by atoms with E-state index >= 15 is 0 Å². The highest BCUT2D eigenvalue weighted by molar-refractivity contribution is 7.85. The van der Waals surface area contributed by atoms with Gasteiger partial charge in [0.1, 0.15) is 6.04 Å². The number of carbonyl (C=O) groups is 2. The van der Waals surface area contributed by atoms with Crippen LogP contribution in [0.4, 0.5) is 0 Å². The summed E-state index contributed by atoms with van der Waals surface area (Å²) >= 11 is 0. The first kappa shape index (κ1) is 23.0. The van der Waals surface area contributed by atoms with E-state index in [2.05, 4.69) is 17.4 Å². The molecule has 2 saturated heterocycles. The molecule has 0 aliphatic carbocycles. The molecule has 2 fully saturated rings. The summed E-state index contributed by atoms with van der Waals surface area (Å²) in [5.74, 6) is 1.18. The molecular formula is C24H36N2O3S. The Morgan fingerprint density at radius 1 is 1.13 bits per heavy atom. The van der Waals surface area contributed by atoms with Crippen molar-refractivity contribution in [3.05, 3.63) is 35.9 Å². The van der Waals surface area contributed by atoms with Crippen molar-refractivity contribution < 1.29 is 13.8 Å². The first-order chi connectivity index (χ1) is 14.5. The molecule has 2 heterocycles. The molecule has 2 amide bonds. The number of carbonyl (C=O) groups excluding carboxylic acids is 2. The molecule has 6 heteroatoms. The van der Waals surface area contributed by atoms with E-state index in [0.29, 0.717) is 17.9 Å². The van der Waals surface area contributed by atoms with E-state index < -0.39 is 16.8 Å². The highest BCUT2D eigenvalue weighted by Crippen LogP contribution is 2.32. The van der Waals surface area contributed by atoms with E-state index in [1.807, 2.05) is 36.9 Å². The van der Waals surface area contributed by atoms with E-state index in [0.717, 1.165) is 44.9 Å². The molecule has 1 aromatic rings. The number of rotatable bonds is 9. The second-order valence-corrected chi connectivity index (χ2v) is 10.3. The van der Waals surface area contributed by atoms with E-state index in [4.69, 9.17) is 0 Å². The molecule has 0 bridgehead atoms. The summed E-state index contributed by atoms with van der Waals surface area (Å²) in [5.41, 5.74) is 1.20. The number of hydrogen-bond donors (Lipinski definition) is 1. The van der Waals surface area contributed by atoms with Crippen LogP contribution in [0, 0.1) is 5.92 Å². The van der Waals surface area contributed by atoms with Gasteiger partial charge >= 0.3 is 0 Å². The van der Waals surface area contributed by atoms with Gasteiger partial charge in [-0.3, -0.25) is 13.8 Å². The second-order valence-electron chi connectivity index (χ2n) is 8.68. The Morgan fingerprint density at radius 3 is 2.57 bits per heavy atom. The molecule has 5 nitrogen and oxygen atoms in total. The number of nitrogens with zero attached hydrogens (tertiary/aromatic N) is 1. The van der Waals surface area contributed by atoms with Crippen molar-refractivity contribution in [3.8, 4) is 0 Å². The average Bonchev–Trinajstić information content (AvgIpc) is 3.07. The van der Waals surface area contributed by atoms with Gasteiger partial charge in [0.25, 0.3) is 0 Å². The van der Waals surface area contributed by atoms with Crippen LogP contribution < -0.4 is 5.32 Å². The molecule has 0 radical (unpaired) electrons. The van der Waals surface area contributed by atoms with Crippen LogP contribution in [0.3, 0.4) is 0 Å². The quantitative estimate of drug-likeness (QED) is 0.650. The van der Waals surface area contributed by atoms with Crippen LogP contribution in [-0.4, -0.2) is 50.6 Å². The fraction of sp³-hybridized carbons (Fsp3) is 0.667. The topological polar surface area (TPSA) is 66.5 Å². The van der Waals surface area contributed by atoms with E-state index in [1.54, 1.807) is 0 Å². The van der Waals surface area contributed by atoms with Gasteiger partial charge in [-0.2, -0.15) is 0 Å². The Bertz CT molecular complexity index is 735. The number of benzene rings is 1. The summed E-state index contributed by atoms with van der Waals surface area (Å²) in [6.45, 7) is 4.03. The lowest BCUT2D eigenvalue weighted by Crippen LogP contribution is -2.52. The Morgan fingerprint density at radius 2 is 1.87 bits per heavy atom. The predicted octanol–water partition coefficient (Wildman–Crippen LogP) is 3.44. The molecule has 3 rings (SSSR count). The summed E-state index contributed by atoms with van der Waals surface area (Å²) < 4.78 is 12.8. The van der Waals surface area contributed by atoms with Gasteiger partial charge in [-0.25, -0.2) is 0 Å². The largest absolute Gasteiger partial charge is 0.344 e. The predicted molar refractivity (Wildman–Crippen MR) is 122 cm³/mol. The molecule has 0 aromatic heterocycles. The number of nitrogens with one attached hydrogen (secondary N) is 1. The lowest BCUT2D eigenvalue weighted by atomic mass is 10.0. The molecule has 0 saturated carbocycles. The maximum absolute atomic E-state index is 13.3. The van der Waals surface area contributed by atoms with Gasteiger partial charge in [-0.15, -0.1) is 0 Å². The third-order valence-electron chi connectivity index (χ3n) is 6.72. The number of fused-ring (bicyclic) bond motifs is 1. The minimum atomic E-state index is -0.959. The fourth-order valence-corrected chi connectivity index (χ4v) is 6.27. The Hall–Kier alpha value is -1.69. The smallest absolute Gasteiger partial charge is 0.245 e. The summed E-state index contributed by atoms with van der Waals surface area (Å²) in [6, 6.07) is 9.97. The van der Waals surface area contributed by atoms with Gasteiger partial charge < -0.3 is 10.2 Å². The summed E-state index contributed by atoms with van der Waals surface area (Å²) in [4.78, 5) is 27.9. The van der Waals surface area contributed by atoms with Crippen molar-refractivity contribution in [1.29, 1.82) is 0 Å². The minimum Gasteiger partial charge on any atom is -0.344 e. The third kappa shape index (κ3) is 5.71. The minimum absolute atomic E-state index is 0.000940. The molecule has 4 atom stereocenters. The van der Waals surface area contributed by atoms with Crippen LogP contribution in [0.15, 0.2) is 30.3 Å². The van der Waals surface area contributed by atoms with Crippen LogP contribution in [-0.2, 0) is 26.8 Å². The lowest BCUT2D eigenvalue weighted by molar-refractivity contribution is -0.138. The standard InChI is InChI=1S/C24H36N2O3S/c1-3-19(4-2)23(27)25-22-12-8-11-20-13-14-21(26(20)24(22)28)17-30(29)16-15-18-9-6-5-7-10-18/h5-7,9-10,19-22H,3-4,8,11-17H2,1-2H3,(H,25,27)/t20-,21-,22-,30?/m0/s1. The lowest BCUT2D eigenvalue weighted by Gasteiger charge is -2.31. The molecule has 1 unspecified atom stereocenters. The summed E-state index contributed by atoms with van der Waals surface area (Å²) in [6.07, 6.45) is 6.92. The Balaban J connectivity index is 1.60. The van der Waals surface area contributed by atoms with E-state index in [9.17, 15) is 13.8 Å². The number of amides is 2. The van der Waals surface area contributed by atoms with Gasteiger partial charge in [0, 0.05) is 40.3 Å². The molecule has 166 valence electrons. The average molecular weight is 433 g/mol. The van der Waals surface area contributed by atoms with Crippen LogP contribution >= 0.6 is 0 Å². The summed E-state index contributed by atoms with van der Waals surface area (Å²) in [7, 11) is -0.959. The maximum Gasteiger partial charge on any atom is 0.245 e. The second kappa shape index (κ2) is 11.1. The summed E-state index contributed by atoms with van der Waals surface area (Å²) in [5, 5.41) is 3.04. The van der Waals surface area contributed by atoms with Crippen LogP contribution in [0.5, 0.6) is 0 Å². The van der Waals surface area contributed by atoms with Gasteiger partial charge in [0.2, 0.25) is 11.8 Å². The van der Waals surface area contributed by atoms with Crippen molar-refractivity contribution in [3.63, 3.8) is 0 Å². The molecule has 1 aromatic carbocycles. The van der Waals surface area contributed by atoms with Crippen molar-refractivity contribution in [2.24, 2.45) is 5.92 Å². The molecule has 1 N–H and O–H groups in total. The highest BCUT2D eigenvalue weighted by Gasteiger charge is 2.42. The van der Waals surface area contributed by atoms with Gasteiger partial charge in [0.05, 0.1) is 0 Å². The first-order valence-electron chi connectivity index (χ1n) is 11.5. The van der Waals surface area contributed by atoms with Gasteiger partial charge in [-0.05, 0) is 56.9 Å². The molecule has 2 aliphatic heterocycles. The van der Waals surface area contributed by atoms with Crippen molar-refractivity contribution in [1.82, 2.24) is 10.2 Å². The van der Waals surface area contributed by atoms with Crippen LogP contribution in [0.2, 0.25) is 0 Å². The Labute approximate surface area is 183 Å². The molecular weight excluding hydrogens is 396 g/mol. The van der Waals surface area contributed by atoms with Crippen molar-refractivity contribution in [2.45, 2.75) is 83.3 Å². The van der Waals surface area contributed by atoms with E-state index in [-0.39, 0.29) is 29.8 Å². The fourth-order valence-electron chi connectivity index (χ4n) is 4.89. The molecule has 2 aliphatic rings. The zero-order chi connectivity index (χ0) is 21.5. The third-order valence-corrected chi connectivity index (χ3v) is 8.13. The first-order valence-corrected chi connectivity index (χ1v) is 13.0. The Kier molecular flexibility index (Phi) is 8.49. The normalized spacial score (nSPS) is 25.1. The van der Waals surface area contributed by atoms with Crippen LogP contribution in [0.1, 0.15) is 64.4 Å². The number of aryl methyl sites for hydroxylation is 1. The van der Waals surface area contributed by atoms with Crippen molar-refractivity contribution in [2.75, 3.05) is 11.5 Å². The van der Waals surface area contributed by atoms with Gasteiger partial charge in [-0.1, -0.05) is 44.2 Å². The zero-order valence-corrected chi connectivity index (χ0v) is 19.2. The SMILES string of the molecule is CCC(CC)C(=O)N[C@H]1CCC[C@H]2CC[C@@H](CS(=O)CCc3ccccc3)N2C1=O. The van der Waals surface area contributed by atoms with Gasteiger partial charge in [0.15, 0.2) is 0 Å². The highest BCUT2D eigenvalue weighted by atomic mass is 32.2.